The average Bonchev–Trinajstić information content (AvgIpc) is 2.92. The first kappa shape index (κ1) is 17.1. The van der Waals surface area contributed by atoms with Crippen LogP contribution in [0, 0.1) is 5.41 Å². The van der Waals surface area contributed by atoms with Crippen molar-refractivity contribution in [3.05, 3.63) is 9.98 Å². The van der Waals surface area contributed by atoms with E-state index in [1.54, 1.807) is 26.2 Å². The maximum absolute atomic E-state index is 14.0. The molecule has 0 spiro atoms. The number of likely N-dealkylation sites (tertiary alicyclic amines) is 1. The topological polar surface area (TPSA) is 82.5 Å². The molecule has 1 aromatic heterocycles. The second-order valence-corrected chi connectivity index (χ2v) is 7.90. The SMILES string of the molecule is CC(C)(C)[C@]1(C(=O)Nc2nc(Br)cs2)C[C@@H](F)CN1C(=O)O. The van der Waals surface area contributed by atoms with Gasteiger partial charge < -0.3 is 5.11 Å². The number of nitrogens with zero attached hydrogens (tertiary/aromatic N) is 2. The summed E-state index contributed by atoms with van der Waals surface area (Å²) < 4.78 is 14.5. The lowest BCUT2D eigenvalue weighted by atomic mass is 9.71. The van der Waals surface area contributed by atoms with E-state index in [1.165, 1.54) is 11.3 Å². The van der Waals surface area contributed by atoms with Gasteiger partial charge in [-0.15, -0.1) is 11.3 Å². The summed E-state index contributed by atoms with van der Waals surface area (Å²) in [5.41, 5.74) is -2.25. The first-order valence-corrected chi connectivity index (χ1v) is 8.32. The number of anilines is 1. The first-order chi connectivity index (χ1) is 10.1. The molecule has 22 heavy (non-hydrogen) atoms. The summed E-state index contributed by atoms with van der Waals surface area (Å²) >= 11 is 4.39. The van der Waals surface area contributed by atoms with Gasteiger partial charge in [-0.25, -0.2) is 14.2 Å². The van der Waals surface area contributed by atoms with Crippen LogP contribution in [0.2, 0.25) is 0 Å². The van der Waals surface area contributed by atoms with Gasteiger partial charge in [0.2, 0.25) is 0 Å². The van der Waals surface area contributed by atoms with Gasteiger partial charge in [-0.05, 0) is 21.3 Å². The molecule has 1 aromatic rings. The van der Waals surface area contributed by atoms with Crippen LogP contribution in [0.5, 0.6) is 0 Å². The number of carbonyl (C=O) groups is 2. The molecule has 1 aliphatic rings. The zero-order chi connectivity index (χ0) is 16.7. The van der Waals surface area contributed by atoms with Gasteiger partial charge >= 0.3 is 6.09 Å². The Labute approximate surface area is 139 Å². The molecule has 9 heteroatoms. The van der Waals surface area contributed by atoms with E-state index in [4.69, 9.17) is 0 Å². The van der Waals surface area contributed by atoms with Gasteiger partial charge in [-0.1, -0.05) is 20.8 Å². The smallest absolute Gasteiger partial charge is 0.408 e. The maximum atomic E-state index is 14.0. The number of carboxylic acid groups (broad SMARTS) is 1. The molecular weight excluding hydrogens is 377 g/mol. The minimum absolute atomic E-state index is 0.165. The summed E-state index contributed by atoms with van der Waals surface area (Å²) in [6.07, 6.45) is -2.84. The van der Waals surface area contributed by atoms with Crippen molar-refractivity contribution in [2.24, 2.45) is 5.41 Å². The van der Waals surface area contributed by atoms with Crippen molar-refractivity contribution in [3.63, 3.8) is 0 Å². The third-order valence-corrected chi connectivity index (χ3v) is 5.37. The van der Waals surface area contributed by atoms with E-state index in [9.17, 15) is 19.1 Å². The molecule has 2 heterocycles. The van der Waals surface area contributed by atoms with Crippen LogP contribution in [0.1, 0.15) is 27.2 Å². The number of hydrogen-bond donors (Lipinski definition) is 2. The Bertz CT molecular complexity index is 604. The molecule has 2 N–H and O–H groups in total. The fourth-order valence-corrected chi connectivity index (χ4v) is 4.01. The number of halogens is 2. The largest absolute Gasteiger partial charge is 0.465 e. The zero-order valence-electron chi connectivity index (χ0n) is 12.4. The normalized spacial score (nSPS) is 25.3. The Kier molecular flexibility index (Phi) is 4.49. The van der Waals surface area contributed by atoms with E-state index in [0.29, 0.717) is 9.73 Å². The number of hydrogen-bond acceptors (Lipinski definition) is 4. The van der Waals surface area contributed by atoms with E-state index < -0.39 is 29.1 Å². The highest BCUT2D eigenvalue weighted by atomic mass is 79.9. The quantitative estimate of drug-likeness (QED) is 0.806. The number of nitrogens with one attached hydrogen (secondary N) is 1. The lowest BCUT2D eigenvalue weighted by Gasteiger charge is -2.44. The second-order valence-electron chi connectivity index (χ2n) is 6.23. The van der Waals surface area contributed by atoms with Gasteiger partial charge in [0, 0.05) is 11.8 Å². The summed E-state index contributed by atoms with van der Waals surface area (Å²) in [5.74, 6) is -0.551. The Morgan fingerprint density at radius 3 is 2.68 bits per heavy atom. The van der Waals surface area contributed by atoms with Gasteiger partial charge in [-0.3, -0.25) is 15.0 Å². The van der Waals surface area contributed by atoms with Crippen molar-refractivity contribution in [2.45, 2.75) is 38.9 Å². The van der Waals surface area contributed by atoms with E-state index >= 15 is 0 Å². The van der Waals surface area contributed by atoms with Crippen molar-refractivity contribution >= 4 is 44.4 Å². The van der Waals surface area contributed by atoms with Crippen LogP contribution in [0.3, 0.4) is 0 Å². The molecule has 0 aliphatic carbocycles. The van der Waals surface area contributed by atoms with Crippen LogP contribution in [-0.4, -0.2) is 45.2 Å². The molecule has 0 bridgehead atoms. The Morgan fingerprint density at radius 2 is 2.23 bits per heavy atom. The number of alkyl halides is 1. The molecule has 1 fully saturated rings. The molecule has 0 saturated carbocycles. The van der Waals surface area contributed by atoms with Gasteiger partial charge in [0.05, 0.1) is 6.54 Å². The third-order valence-electron chi connectivity index (χ3n) is 3.90. The van der Waals surface area contributed by atoms with E-state index in [1.807, 2.05) is 0 Å². The van der Waals surface area contributed by atoms with Crippen molar-refractivity contribution in [2.75, 3.05) is 11.9 Å². The highest BCUT2D eigenvalue weighted by Crippen LogP contribution is 2.45. The number of thiazole rings is 1. The fourth-order valence-electron chi connectivity index (χ4n) is 2.87. The van der Waals surface area contributed by atoms with Crippen molar-refractivity contribution < 1.29 is 19.1 Å². The van der Waals surface area contributed by atoms with Gasteiger partial charge in [0.25, 0.3) is 5.91 Å². The molecule has 0 aromatic carbocycles. The monoisotopic (exact) mass is 393 g/mol. The lowest BCUT2D eigenvalue weighted by molar-refractivity contribution is -0.132. The summed E-state index contributed by atoms with van der Waals surface area (Å²) in [6.45, 7) is 4.90. The van der Waals surface area contributed by atoms with Crippen LogP contribution < -0.4 is 5.32 Å². The molecular formula is C13H17BrFN3O3S. The van der Waals surface area contributed by atoms with Gasteiger partial charge in [0.1, 0.15) is 16.3 Å². The minimum Gasteiger partial charge on any atom is -0.465 e. The van der Waals surface area contributed by atoms with E-state index in [0.717, 1.165) is 4.90 Å². The van der Waals surface area contributed by atoms with Crippen LogP contribution >= 0.6 is 27.3 Å². The van der Waals surface area contributed by atoms with Gasteiger partial charge in [0.15, 0.2) is 5.13 Å². The Morgan fingerprint density at radius 1 is 1.59 bits per heavy atom. The Balaban J connectivity index is 2.41. The summed E-state index contributed by atoms with van der Waals surface area (Å²) in [6, 6.07) is 0. The highest BCUT2D eigenvalue weighted by Gasteiger charge is 2.60. The Hall–Kier alpha value is -1.22. The van der Waals surface area contributed by atoms with Crippen LogP contribution in [-0.2, 0) is 4.79 Å². The van der Waals surface area contributed by atoms with Crippen LogP contribution in [0.25, 0.3) is 0 Å². The summed E-state index contributed by atoms with van der Waals surface area (Å²) in [4.78, 5) is 29.3. The zero-order valence-corrected chi connectivity index (χ0v) is 14.8. The van der Waals surface area contributed by atoms with Crippen LogP contribution in [0.15, 0.2) is 9.98 Å². The van der Waals surface area contributed by atoms with Crippen LogP contribution in [0.4, 0.5) is 14.3 Å². The highest BCUT2D eigenvalue weighted by molar-refractivity contribution is 9.10. The van der Waals surface area contributed by atoms with Crippen molar-refractivity contribution in [3.8, 4) is 0 Å². The first-order valence-electron chi connectivity index (χ1n) is 6.65. The van der Waals surface area contributed by atoms with Crippen molar-refractivity contribution in [1.29, 1.82) is 0 Å². The number of rotatable bonds is 2. The van der Waals surface area contributed by atoms with E-state index in [2.05, 4.69) is 26.2 Å². The molecule has 1 aliphatic heterocycles. The molecule has 1 saturated heterocycles. The molecule has 0 radical (unpaired) electrons. The molecule has 0 unspecified atom stereocenters. The van der Waals surface area contributed by atoms with Gasteiger partial charge in [-0.2, -0.15) is 0 Å². The molecule has 6 nitrogen and oxygen atoms in total. The van der Waals surface area contributed by atoms with E-state index in [-0.39, 0.29) is 13.0 Å². The number of carbonyl (C=O) groups excluding carboxylic acids is 1. The molecule has 2 atom stereocenters. The van der Waals surface area contributed by atoms with Crippen molar-refractivity contribution in [1.82, 2.24) is 9.88 Å². The summed E-state index contributed by atoms with van der Waals surface area (Å²) in [7, 11) is 0. The molecule has 2 amide bonds. The third kappa shape index (κ3) is 2.83. The number of aromatic nitrogens is 1. The molecule has 2 rings (SSSR count). The fraction of sp³-hybridized carbons (Fsp3) is 0.615. The lowest BCUT2D eigenvalue weighted by Crippen LogP contribution is -2.62. The number of amides is 2. The minimum atomic E-state index is -1.48. The summed E-state index contributed by atoms with van der Waals surface area (Å²) in [5, 5.41) is 14.1. The standard InChI is InChI=1S/C13H17BrFN3O3S/c1-12(2,3)13(4-7(15)5-18(13)11(20)21)9(19)17-10-16-8(14)6-22-10/h6-7H,4-5H2,1-3H3,(H,20,21)(H,16,17,19)/t7-,13-/m1/s1. The predicted octanol–water partition coefficient (Wildman–Crippen LogP) is 3.35. The molecule has 122 valence electrons. The predicted molar refractivity (Wildman–Crippen MR) is 84.9 cm³/mol. The maximum Gasteiger partial charge on any atom is 0.408 e. The second kappa shape index (κ2) is 5.77. The average molecular weight is 394 g/mol.